The standard InChI is InChI=1S/2C18H13N.2C17H12N2/c1-12-8-9-15-13-5-2-3-6-14(13)16-7-4-10-19-18(16)17(15)11-12;1-12-6-7-15-13-4-2-3-5-14(13)16-8-9-19-11-18(16)17(15)10-12;1-11-6-7-12-13-4-2-8-18-16(13)17-14(15(12)10-11)5-3-9-19-17;1-11-4-5-12-13-6-8-18-10-16(13)17-14(15(12)9-11)3-2-7-19-17/h2*2-11H,1H3;2*2-10H,1H3/i4*1D. The Morgan fingerprint density at radius 1 is 0.224 bits per heavy atom. The summed E-state index contributed by atoms with van der Waals surface area (Å²) in [6.45, 7) is 1.20. The molecular weight excluding hydrogens is 925 g/mol. The van der Waals surface area contributed by atoms with Crippen molar-refractivity contribution in [3.8, 4) is 0 Å². The van der Waals surface area contributed by atoms with Crippen molar-refractivity contribution in [3.05, 3.63) is 254 Å². The zero-order chi connectivity index (χ0) is 54.1. The number of benzene rings is 10. The average Bonchev–Trinajstić information content (AvgIpc) is 3.56. The van der Waals surface area contributed by atoms with Crippen molar-refractivity contribution in [2.24, 2.45) is 0 Å². The second-order valence-corrected chi connectivity index (χ2v) is 19.1. The van der Waals surface area contributed by atoms with Crippen molar-refractivity contribution in [3.63, 3.8) is 0 Å². The highest BCUT2D eigenvalue weighted by molar-refractivity contribution is 6.27. The lowest BCUT2D eigenvalue weighted by molar-refractivity contribution is 1.36. The Morgan fingerprint density at radius 3 is 0.987 bits per heavy atom. The fraction of sp³-hybridized carbons (Fsp3) is 0.0571. The van der Waals surface area contributed by atoms with Gasteiger partial charge in [0.1, 0.15) is 0 Å². The summed E-state index contributed by atoms with van der Waals surface area (Å²) in [7, 11) is 0. The SMILES string of the molecule is [2H]Cc1ccc2c(c1)c1cccnc1c1cnccc21.[2H]Cc1ccc2c(c1)c1cccnc1c1ncccc21.[2H]Cc1ccc2c3ccccc3c3cccnc3c2c1.[2H]Cc1ccc2c3ccccc3c3ccncc3c2c1. The van der Waals surface area contributed by atoms with Crippen molar-refractivity contribution >= 4 is 130 Å². The van der Waals surface area contributed by atoms with Crippen LogP contribution in [0, 0.1) is 27.6 Å². The van der Waals surface area contributed by atoms with Crippen LogP contribution >= 0.6 is 0 Å². The Hall–Kier alpha value is -9.78. The fourth-order valence-corrected chi connectivity index (χ4v) is 11.0. The Morgan fingerprint density at radius 2 is 0.513 bits per heavy atom. The van der Waals surface area contributed by atoms with Crippen molar-refractivity contribution in [1.29, 1.82) is 0 Å². The molecule has 0 saturated carbocycles. The van der Waals surface area contributed by atoms with Crippen molar-refractivity contribution in [2.75, 3.05) is 0 Å². The molecule has 10 aromatic carbocycles. The molecule has 0 atom stereocenters. The first kappa shape index (κ1) is 41.7. The molecule has 0 aliphatic rings. The van der Waals surface area contributed by atoms with Gasteiger partial charge >= 0.3 is 0 Å². The molecule has 0 unspecified atom stereocenters. The normalized spacial score (nSPS) is 12.1. The summed E-state index contributed by atoms with van der Waals surface area (Å²) < 4.78 is 30.3. The number of hydrogen-bond donors (Lipinski definition) is 0. The van der Waals surface area contributed by atoms with Crippen LogP contribution in [0.15, 0.2) is 232 Å². The Kier molecular flexibility index (Phi) is 10.6. The quantitative estimate of drug-likeness (QED) is 0.141. The van der Waals surface area contributed by atoms with Gasteiger partial charge in [0.2, 0.25) is 0 Å². The van der Waals surface area contributed by atoms with E-state index in [-0.39, 0.29) is 0 Å². The van der Waals surface area contributed by atoms with Gasteiger partial charge in [-0.2, -0.15) is 0 Å². The molecule has 0 fully saturated rings. The molecule has 0 aliphatic carbocycles. The third kappa shape index (κ3) is 8.08. The highest BCUT2D eigenvalue weighted by atomic mass is 14.7. The van der Waals surface area contributed by atoms with E-state index in [1.165, 1.54) is 59.2 Å². The van der Waals surface area contributed by atoms with Gasteiger partial charge in [0.05, 0.1) is 22.1 Å². The number of aromatic nitrogens is 6. The first-order valence-corrected chi connectivity index (χ1v) is 25.1. The molecule has 0 saturated heterocycles. The molecule has 76 heavy (non-hydrogen) atoms. The molecule has 16 rings (SSSR count). The molecule has 6 aromatic heterocycles. The zero-order valence-electron chi connectivity index (χ0n) is 45.5. The Balaban J connectivity index is 0.000000101. The van der Waals surface area contributed by atoms with Crippen LogP contribution < -0.4 is 0 Å². The lowest BCUT2D eigenvalue weighted by Crippen LogP contribution is -1.88. The molecule has 6 heterocycles. The van der Waals surface area contributed by atoms with E-state index in [9.17, 15) is 0 Å². The molecule has 0 spiro atoms. The lowest BCUT2D eigenvalue weighted by Gasteiger charge is -2.10. The van der Waals surface area contributed by atoms with Gasteiger partial charge in [-0.1, -0.05) is 162 Å². The first-order valence-electron chi connectivity index (χ1n) is 28.0. The molecule has 0 amide bonds. The molecule has 6 nitrogen and oxygen atoms in total. The average molecular weight is 979 g/mol. The van der Waals surface area contributed by atoms with Gasteiger partial charge in [-0.3, -0.25) is 29.9 Å². The van der Waals surface area contributed by atoms with Crippen LogP contribution in [0.25, 0.3) is 130 Å². The molecular formula is C70H50N6. The van der Waals surface area contributed by atoms with Gasteiger partial charge in [-0.25, -0.2) is 0 Å². The summed E-state index contributed by atoms with van der Waals surface area (Å²) in [5, 5.41) is 23.6. The second-order valence-electron chi connectivity index (χ2n) is 19.1. The van der Waals surface area contributed by atoms with Crippen molar-refractivity contribution < 1.29 is 5.48 Å². The van der Waals surface area contributed by atoms with Gasteiger partial charge in [-0.15, -0.1) is 0 Å². The van der Waals surface area contributed by atoms with Crippen LogP contribution in [0.2, 0.25) is 0 Å². The van der Waals surface area contributed by atoms with Crippen LogP contribution in [0.3, 0.4) is 0 Å². The van der Waals surface area contributed by atoms with Crippen LogP contribution in [-0.4, -0.2) is 29.9 Å². The smallest absolute Gasteiger partial charge is 0.0970 e. The van der Waals surface area contributed by atoms with Gasteiger partial charge in [0, 0.05) is 92.8 Å². The van der Waals surface area contributed by atoms with E-state index in [4.69, 9.17) is 5.48 Å². The Labute approximate surface area is 444 Å². The summed E-state index contributed by atoms with van der Waals surface area (Å²) in [6.07, 6.45) is 14.7. The minimum absolute atomic E-state index is 0.294. The minimum Gasteiger partial charge on any atom is -0.264 e. The van der Waals surface area contributed by atoms with E-state index in [2.05, 4.69) is 157 Å². The molecule has 0 aliphatic heterocycles. The third-order valence-corrected chi connectivity index (χ3v) is 14.4. The number of pyridine rings is 6. The van der Waals surface area contributed by atoms with Crippen LogP contribution in [0.4, 0.5) is 0 Å². The van der Waals surface area contributed by atoms with Crippen LogP contribution in [0.1, 0.15) is 27.7 Å². The van der Waals surface area contributed by atoms with Crippen molar-refractivity contribution in [1.82, 2.24) is 29.9 Å². The fourth-order valence-electron chi connectivity index (χ4n) is 11.0. The highest BCUT2D eigenvalue weighted by Gasteiger charge is 2.13. The molecule has 6 heteroatoms. The molecule has 0 bridgehead atoms. The minimum atomic E-state index is 0.294. The molecule has 0 radical (unpaired) electrons. The maximum absolute atomic E-state index is 7.57. The number of fused-ring (bicyclic) bond motifs is 24. The topological polar surface area (TPSA) is 77.3 Å². The zero-order valence-corrected chi connectivity index (χ0v) is 41.5. The van der Waals surface area contributed by atoms with E-state index in [0.717, 1.165) is 92.8 Å². The predicted molar refractivity (Wildman–Crippen MR) is 322 cm³/mol. The number of rotatable bonds is 0. The lowest BCUT2D eigenvalue weighted by atomic mass is 9.94. The van der Waals surface area contributed by atoms with E-state index in [0.29, 0.717) is 27.6 Å². The van der Waals surface area contributed by atoms with Gasteiger partial charge in [-0.05, 0) is 140 Å². The van der Waals surface area contributed by atoms with Gasteiger partial charge in [0.15, 0.2) is 0 Å². The monoisotopic (exact) mass is 978 g/mol. The van der Waals surface area contributed by atoms with E-state index < -0.39 is 0 Å². The molecule has 0 N–H and O–H groups in total. The largest absolute Gasteiger partial charge is 0.264 e. The van der Waals surface area contributed by atoms with E-state index in [1.807, 2.05) is 91.8 Å². The van der Waals surface area contributed by atoms with Gasteiger partial charge in [0.25, 0.3) is 0 Å². The maximum atomic E-state index is 7.57. The molecule has 360 valence electrons. The Bertz CT molecular complexity index is 4280. The number of nitrogens with zero attached hydrogens (tertiary/aromatic N) is 6. The van der Waals surface area contributed by atoms with Gasteiger partial charge < -0.3 is 0 Å². The third-order valence-electron chi connectivity index (χ3n) is 14.4. The van der Waals surface area contributed by atoms with E-state index in [1.54, 1.807) is 12.4 Å². The highest BCUT2D eigenvalue weighted by Crippen LogP contribution is 2.38. The second kappa shape index (κ2) is 19.2. The summed E-state index contributed by atoms with van der Waals surface area (Å²) in [6, 6.07) is 62.2. The summed E-state index contributed by atoms with van der Waals surface area (Å²) in [5.74, 6) is 0. The predicted octanol–water partition coefficient (Wildman–Crippen LogP) is 18.2. The van der Waals surface area contributed by atoms with Crippen molar-refractivity contribution in [2.45, 2.75) is 27.6 Å². The first-order chi connectivity index (χ1) is 39.5. The van der Waals surface area contributed by atoms with Crippen LogP contribution in [-0.2, 0) is 0 Å². The molecule has 16 aromatic rings. The summed E-state index contributed by atoms with van der Waals surface area (Å²) >= 11 is 0. The maximum Gasteiger partial charge on any atom is 0.0970 e. The van der Waals surface area contributed by atoms with E-state index >= 15 is 0 Å². The van der Waals surface area contributed by atoms with Crippen LogP contribution in [0.5, 0.6) is 0 Å². The number of aryl methyl sites for hydroxylation is 4. The summed E-state index contributed by atoms with van der Waals surface area (Å²) in [4.78, 5) is 26.6. The summed E-state index contributed by atoms with van der Waals surface area (Å²) in [5.41, 5.74) is 7.98. The number of hydrogen-bond acceptors (Lipinski definition) is 6.